The van der Waals surface area contributed by atoms with Crippen molar-refractivity contribution in [1.29, 1.82) is 0 Å². The maximum Gasteiger partial charge on any atom is 0.253 e. The highest BCUT2D eigenvalue weighted by Gasteiger charge is 2.18. The molecule has 5 heteroatoms. The van der Waals surface area contributed by atoms with Gasteiger partial charge in [-0.25, -0.2) is 0 Å². The van der Waals surface area contributed by atoms with Gasteiger partial charge in [0.25, 0.3) is 5.91 Å². The molecule has 1 aliphatic rings. The van der Waals surface area contributed by atoms with E-state index < -0.39 is 0 Å². The van der Waals surface area contributed by atoms with Crippen LogP contribution in [0.5, 0.6) is 0 Å². The topological polar surface area (TPSA) is 58.4 Å². The van der Waals surface area contributed by atoms with Crippen LogP contribution in [0.3, 0.4) is 0 Å². The van der Waals surface area contributed by atoms with Crippen molar-refractivity contribution in [3.05, 3.63) is 28.2 Å². The number of amides is 1. The molecule has 2 rings (SSSR count). The van der Waals surface area contributed by atoms with Crippen molar-refractivity contribution in [2.45, 2.75) is 12.8 Å². The second-order valence-corrected chi connectivity index (χ2v) is 6.13. The number of nitrogens with zero attached hydrogens (tertiary/aromatic N) is 1. The number of hydrogen-bond donors (Lipinski definition) is 2. The summed E-state index contributed by atoms with van der Waals surface area (Å²) in [5.41, 5.74) is 6.91. The van der Waals surface area contributed by atoms with Crippen LogP contribution < -0.4 is 11.1 Å². The summed E-state index contributed by atoms with van der Waals surface area (Å²) in [6.45, 7) is 2.93. The van der Waals surface area contributed by atoms with Gasteiger partial charge in [-0.2, -0.15) is 0 Å². The third-order valence-corrected chi connectivity index (χ3v) is 4.02. The Bertz CT molecular complexity index is 464. The molecular weight excluding hydrogens is 306 g/mol. The van der Waals surface area contributed by atoms with Crippen LogP contribution in [0.25, 0.3) is 0 Å². The number of rotatable bonds is 3. The number of anilines is 1. The highest BCUT2D eigenvalue weighted by atomic mass is 79.9. The van der Waals surface area contributed by atoms with Crippen molar-refractivity contribution < 1.29 is 4.79 Å². The van der Waals surface area contributed by atoms with E-state index in [0.29, 0.717) is 17.2 Å². The van der Waals surface area contributed by atoms with Crippen molar-refractivity contribution in [1.82, 2.24) is 10.2 Å². The Kier molecular flexibility index (Phi) is 4.82. The first-order valence-corrected chi connectivity index (χ1v) is 7.37. The smallest absolute Gasteiger partial charge is 0.253 e. The van der Waals surface area contributed by atoms with Crippen LogP contribution in [-0.4, -0.2) is 37.5 Å². The van der Waals surface area contributed by atoms with Gasteiger partial charge in [-0.1, -0.05) is 15.9 Å². The number of hydrogen-bond acceptors (Lipinski definition) is 3. The van der Waals surface area contributed by atoms with E-state index >= 15 is 0 Å². The third kappa shape index (κ3) is 3.94. The van der Waals surface area contributed by atoms with Gasteiger partial charge in [0, 0.05) is 23.2 Å². The zero-order chi connectivity index (χ0) is 13.8. The average molecular weight is 326 g/mol. The maximum atomic E-state index is 12.1. The normalized spacial score (nSPS) is 20.2. The van der Waals surface area contributed by atoms with Crippen LogP contribution in [0.2, 0.25) is 0 Å². The summed E-state index contributed by atoms with van der Waals surface area (Å²) in [5.74, 6) is 0.456. The van der Waals surface area contributed by atoms with Gasteiger partial charge in [0.15, 0.2) is 0 Å². The molecule has 0 spiro atoms. The summed E-state index contributed by atoms with van der Waals surface area (Å²) in [6.07, 6.45) is 2.39. The van der Waals surface area contributed by atoms with E-state index in [0.717, 1.165) is 24.1 Å². The molecule has 4 nitrogen and oxygen atoms in total. The van der Waals surface area contributed by atoms with Crippen LogP contribution in [0.4, 0.5) is 5.69 Å². The van der Waals surface area contributed by atoms with Gasteiger partial charge in [0.2, 0.25) is 0 Å². The molecule has 1 heterocycles. The quantitative estimate of drug-likeness (QED) is 0.837. The van der Waals surface area contributed by atoms with Gasteiger partial charge in [0.1, 0.15) is 0 Å². The summed E-state index contributed by atoms with van der Waals surface area (Å²) in [7, 11) is 2.13. The number of carbonyl (C=O) groups excluding carboxylic acids is 1. The van der Waals surface area contributed by atoms with E-state index in [-0.39, 0.29) is 5.91 Å². The molecule has 0 saturated carbocycles. The molecule has 1 aromatic rings. The van der Waals surface area contributed by atoms with Gasteiger partial charge in [-0.05, 0) is 50.6 Å². The minimum Gasteiger partial charge on any atom is -0.398 e. The average Bonchev–Trinajstić information content (AvgIpc) is 2.36. The van der Waals surface area contributed by atoms with E-state index in [4.69, 9.17) is 5.73 Å². The van der Waals surface area contributed by atoms with E-state index in [1.165, 1.54) is 12.8 Å². The molecule has 1 saturated heterocycles. The SMILES string of the molecule is CN1CCCC(CNC(=O)c2ccc(Br)cc2N)C1. The largest absolute Gasteiger partial charge is 0.398 e. The first-order valence-electron chi connectivity index (χ1n) is 6.58. The van der Waals surface area contributed by atoms with Crippen LogP contribution >= 0.6 is 15.9 Å². The number of carbonyl (C=O) groups is 1. The Morgan fingerprint density at radius 2 is 2.37 bits per heavy atom. The predicted octanol–water partition coefficient (Wildman–Crippen LogP) is 2.10. The second-order valence-electron chi connectivity index (χ2n) is 5.21. The Balaban J connectivity index is 1.90. The lowest BCUT2D eigenvalue weighted by Crippen LogP contribution is -2.39. The molecule has 1 fully saturated rings. The summed E-state index contributed by atoms with van der Waals surface area (Å²) < 4.78 is 0.885. The lowest BCUT2D eigenvalue weighted by Gasteiger charge is -2.29. The van der Waals surface area contributed by atoms with Crippen molar-refractivity contribution in [2.75, 3.05) is 32.4 Å². The molecule has 1 unspecified atom stereocenters. The van der Waals surface area contributed by atoms with Crippen molar-refractivity contribution in [2.24, 2.45) is 5.92 Å². The summed E-state index contributed by atoms with van der Waals surface area (Å²) >= 11 is 3.34. The molecule has 0 aliphatic carbocycles. The number of nitrogens with two attached hydrogens (primary N) is 1. The Morgan fingerprint density at radius 3 is 3.05 bits per heavy atom. The second kappa shape index (κ2) is 6.39. The van der Waals surface area contributed by atoms with Crippen LogP contribution in [-0.2, 0) is 0 Å². The van der Waals surface area contributed by atoms with Crippen molar-refractivity contribution in [3.63, 3.8) is 0 Å². The van der Waals surface area contributed by atoms with Crippen LogP contribution in [0.15, 0.2) is 22.7 Å². The number of nitrogens with one attached hydrogen (secondary N) is 1. The number of piperidine rings is 1. The molecule has 104 valence electrons. The fourth-order valence-corrected chi connectivity index (χ4v) is 2.89. The Morgan fingerprint density at radius 1 is 1.58 bits per heavy atom. The molecule has 0 bridgehead atoms. The predicted molar refractivity (Wildman–Crippen MR) is 81.1 cm³/mol. The molecule has 1 atom stereocenters. The van der Waals surface area contributed by atoms with E-state index in [9.17, 15) is 4.79 Å². The molecule has 19 heavy (non-hydrogen) atoms. The number of nitrogen functional groups attached to an aromatic ring is 1. The third-order valence-electron chi connectivity index (χ3n) is 3.53. The zero-order valence-corrected chi connectivity index (χ0v) is 12.7. The van der Waals surface area contributed by atoms with Gasteiger partial charge in [-0.15, -0.1) is 0 Å². The van der Waals surface area contributed by atoms with Crippen LogP contribution in [0, 0.1) is 5.92 Å². The molecule has 1 aromatic carbocycles. The van der Waals surface area contributed by atoms with Gasteiger partial charge in [0.05, 0.1) is 5.56 Å². The minimum atomic E-state index is -0.0850. The zero-order valence-electron chi connectivity index (χ0n) is 11.2. The Labute approximate surface area is 122 Å². The minimum absolute atomic E-state index is 0.0850. The monoisotopic (exact) mass is 325 g/mol. The van der Waals surface area contributed by atoms with E-state index in [1.54, 1.807) is 12.1 Å². The molecule has 1 amide bonds. The first-order chi connectivity index (χ1) is 9.06. The Hall–Kier alpha value is -1.07. The number of benzene rings is 1. The summed E-state index contributed by atoms with van der Waals surface area (Å²) in [6, 6.07) is 5.34. The molecule has 0 radical (unpaired) electrons. The molecule has 0 aromatic heterocycles. The molecule has 3 N–H and O–H groups in total. The number of halogens is 1. The van der Waals surface area contributed by atoms with Gasteiger partial charge < -0.3 is 16.0 Å². The maximum absolute atomic E-state index is 12.1. The standard InChI is InChI=1S/C14H20BrN3O/c1-18-6-2-3-10(9-18)8-17-14(19)12-5-4-11(15)7-13(12)16/h4-5,7,10H,2-3,6,8-9,16H2,1H3,(H,17,19). The first kappa shape index (κ1) is 14.3. The van der Waals surface area contributed by atoms with Gasteiger partial charge in [-0.3, -0.25) is 4.79 Å². The fraction of sp³-hybridized carbons (Fsp3) is 0.500. The molecule has 1 aliphatic heterocycles. The number of likely N-dealkylation sites (tertiary alicyclic amines) is 1. The van der Waals surface area contributed by atoms with Crippen LogP contribution in [0.1, 0.15) is 23.2 Å². The van der Waals surface area contributed by atoms with Crippen molar-refractivity contribution >= 4 is 27.5 Å². The van der Waals surface area contributed by atoms with E-state index in [2.05, 4.69) is 33.2 Å². The summed E-state index contributed by atoms with van der Waals surface area (Å²) in [4.78, 5) is 14.4. The molecular formula is C14H20BrN3O. The lowest BCUT2D eigenvalue weighted by molar-refractivity contribution is 0.0937. The fourth-order valence-electron chi connectivity index (χ4n) is 2.51. The lowest BCUT2D eigenvalue weighted by atomic mass is 9.98. The van der Waals surface area contributed by atoms with E-state index in [1.807, 2.05) is 6.07 Å². The van der Waals surface area contributed by atoms with Crippen molar-refractivity contribution in [3.8, 4) is 0 Å². The summed E-state index contributed by atoms with van der Waals surface area (Å²) in [5, 5.41) is 2.99. The highest BCUT2D eigenvalue weighted by Crippen LogP contribution is 2.19. The highest BCUT2D eigenvalue weighted by molar-refractivity contribution is 9.10. The van der Waals surface area contributed by atoms with Gasteiger partial charge >= 0.3 is 0 Å².